The molecule has 0 aliphatic rings. The van der Waals surface area contributed by atoms with Crippen molar-refractivity contribution in [1.82, 2.24) is 0 Å². The van der Waals surface area contributed by atoms with E-state index in [0.717, 1.165) is 0 Å². The number of hydrogen-bond donors (Lipinski definition) is 0. The Morgan fingerprint density at radius 1 is 0.808 bits per heavy atom. The summed E-state index contributed by atoms with van der Waals surface area (Å²) in [4.78, 5) is 0. The molecule has 142 valence electrons. The molecule has 0 fully saturated rings. The second-order valence-corrected chi connectivity index (χ2v) is 4.70. The summed E-state index contributed by atoms with van der Waals surface area (Å²) in [5.74, 6) is 0. The molecular formula is C26H38. The maximum Gasteiger partial charge on any atom is -0.0149 e. The van der Waals surface area contributed by atoms with Gasteiger partial charge >= 0.3 is 0 Å². The smallest absolute Gasteiger partial charge is 0.0149 e. The summed E-state index contributed by atoms with van der Waals surface area (Å²) < 4.78 is 0. The van der Waals surface area contributed by atoms with Crippen molar-refractivity contribution in [2.24, 2.45) is 0 Å². The summed E-state index contributed by atoms with van der Waals surface area (Å²) >= 11 is 0. The Morgan fingerprint density at radius 2 is 1.38 bits per heavy atom. The number of rotatable bonds is 4. The van der Waals surface area contributed by atoms with E-state index in [1.807, 2.05) is 60.6 Å². The molecule has 0 saturated carbocycles. The van der Waals surface area contributed by atoms with Crippen LogP contribution in [-0.2, 0) is 0 Å². The maximum atomic E-state index is 3.81. The Kier molecular flexibility index (Phi) is 17.4. The van der Waals surface area contributed by atoms with Gasteiger partial charge in [-0.15, -0.1) is 0 Å². The second-order valence-electron chi connectivity index (χ2n) is 4.70. The minimum atomic E-state index is 1.19. The van der Waals surface area contributed by atoms with Crippen molar-refractivity contribution in [3.63, 3.8) is 0 Å². The Morgan fingerprint density at radius 3 is 1.88 bits per heavy atom. The van der Waals surface area contributed by atoms with Crippen molar-refractivity contribution in [3.05, 3.63) is 90.5 Å². The molecule has 2 aromatic rings. The standard InChI is InChI=1S/C20H20.3C2H6/c1-4-10-17(11-5-2)19-14-9-15-20(16(19)3)18-12-7-6-8-13-18;3*1-2/h4-15H,1H2,2-3H3;3*1-2H3/b11-5-,17-10+;;;. The number of allylic oxidation sites excluding steroid dienone is 5. The van der Waals surface area contributed by atoms with Crippen molar-refractivity contribution in [2.45, 2.75) is 55.4 Å². The van der Waals surface area contributed by atoms with Crippen LogP contribution in [0.15, 0.2) is 79.4 Å². The predicted molar refractivity (Wildman–Crippen MR) is 124 cm³/mol. The molecule has 26 heavy (non-hydrogen) atoms. The highest BCUT2D eigenvalue weighted by Crippen LogP contribution is 2.29. The molecule has 0 spiro atoms. The van der Waals surface area contributed by atoms with Gasteiger partial charge in [0.15, 0.2) is 0 Å². The van der Waals surface area contributed by atoms with E-state index < -0.39 is 0 Å². The molecule has 0 unspecified atom stereocenters. The van der Waals surface area contributed by atoms with Crippen molar-refractivity contribution < 1.29 is 0 Å². The van der Waals surface area contributed by atoms with E-state index in [4.69, 9.17) is 0 Å². The lowest BCUT2D eigenvalue weighted by Crippen LogP contribution is -1.91. The van der Waals surface area contributed by atoms with Gasteiger partial charge in [-0.25, -0.2) is 0 Å². The lowest BCUT2D eigenvalue weighted by molar-refractivity contribution is 1.42. The van der Waals surface area contributed by atoms with E-state index in [9.17, 15) is 0 Å². The van der Waals surface area contributed by atoms with Gasteiger partial charge in [0.05, 0.1) is 0 Å². The first-order chi connectivity index (χ1) is 12.8. The summed E-state index contributed by atoms with van der Waals surface area (Å²) in [7, 11) is 0. The van der Waals surface area contributed by atoms with Crippen LogP contribution in [0.2, 0.25) is 0 Å². The van der Waals surface area contributed by atoms with Gasteiger partial charge in [-0.1, -0.05) is 121 Å². The molecule has 0 nitrogen and oxygen atoms in total. The first-order valence-corrected chi connectivity index (χ1v) is 9.88. The Labute approximate surface area is 163 Å². The molecule has 0 heteroatoms. The molecule has 0 aliphatic heterocycles. The number of hydrogen-bond acceptors (Lipinski definition) is 0. The molecule has 0 aliphatic carbocycles. The summed E-state index contributed by atoms with van der Waals surface area (Å²) in [6.07, 6.45) is 8.07. The topological polar surface area (TPSA) is 0 Å². The second kappa shape index (κ2) is 17.5. The third-order valence-electron chi connectivity index (χ3n) is 3.37. The zero-order chi connectivity index (χ0) is 20.4. The summed E-state index contributed by atoms with van der Waals surface area (Å²) in [6, 6.07) is 17.0. The molecule has 2 rings (SSSR count). The first kappa shape index (κ1) is 25.9. The SMILES string of the molecule is C=C/C=C(\C=C/C)c1cccc(-c2ccccc2)c1C.CC.CC.CC. The molecule has 0 radical (unpaired) electrons. The minimum absolute atomic E-state index is 1.19. The monoisotopic (exact) mass is 350 g/mol. The lowest BCUT2D eigenvalue weighted by atomic mass is 9.92. The Bertz CT molecular complexity index is 643. The van der Waals surface area contributed by atoms with Gasteiger partial charge in [-0.3, -0.25) is 0 Å². The van der Waals surface area contributed by atoms with Crippen LogP contribution >= 0.6 is 0 Å². The quantitative estimate of drug-likeness (QED) is 0.483. The highest BCUT2D eigenvalue weighted by molar-refractivity contribution is 5.82. The predicted octanol–water partition coefficient (Wildman–Crippen LogP) is 8.89. The average molecular weight is 351 g/mol. The highest BCUT2D eigenvalue weighted by Gasteiger charge is 2.07. The van der Waals surface area contributed by atoms with E-state index in [1.54, 1.807) is 0 Å². The van der Waals surface area contributed by atoms with E-state index >= 15 is 0 Å². The van der Waals surface area contributed by atoms with Gasteiger partial charge in [0.25, 0.3) is 0 Å². The summed E-state index contributed by atoms with van der Waals surface area (Å²) in [5.41, 5.74) is 6.28. The van der Waals surface area contributed by atoms with Gasteiger partial charge in [-0.2, -0.15) is 0 Å². The van der Waals surface area contributed by atoms with Crippen LogP contribution in [0.1, 0.15) is 59.6 Å². The number of benzene rings is 2. The maximum absolute atomic E-state index is 3.81. The van der Waals surface area contributed by atoms with E-state index in [0.29, 0.717) is 0 Å². The van der Waals surface area contributed by atoms with Gasteiger partial charge < -0.3 is 0 Å². The van der Waals surface area contributed by atoms with E-state index in [1.165, 1.54) is 27.8 Å². The van der Waals surface area contributed by atoms with E-state index in [-0.39, 0.29) is 0 Å². The zero-order valence-electron chi connectivity index (χ0n) is 18.1. The largest absolute Gasteiger partial charge is 0.0990 e. The van der Waals surface area contributed by atoms with Gasteiger partial charge in [0, 0.05) is 0 Å². The minimum Gasteiger partial charge on any atom is -0.0990 e. The van der Waals surface area contributed by atoms with Gasteiger partial charge in [-0.05, 0) is 41.7 Å². The molecule has 0 amide bonds. The summed E-state index contributed by atoms with van der Waals surface area (Å²) in [6.45, 7) is 20.0. The van der Waals surface area contributed by atoms with Crippen LogP contribution in [0.5, 0.6) is 0 Å². The fraction of sp³-hybridized carbons (Fsp3) is 0.308. The molecule has 0 bridgehead atoms. The van der Waals surface area contributed by atoms with Crippen LogP contribution < -0.4 is 0 Å². The Balaban J connectivity index is 0. The van der Waals surface area contributed by atoms with Crippen LogP contribution in [0.4, 0.5) is 0 Å². The van der Waals surface area contributed by atoms with Gasteiger partial charge in [0.2, 0.25) is 0 Å². The molecular weight excluding hydrogens is 312 g/mol. The highest BCUT2D eigenvalue weighted by atomic mass is 14.1. The summed E-state index contributed by atoms with van der Waals surface area (Å²) in [5, 5.41) is 0. The van der Waals surface area contributed by atoms with Gasteiger partial charge in [0.1, 0.15) is 0 Å². The average Bonchev–Trinajstić information content (AvgIpc) is 2.73. The van der Waals surface area contributed by atoms with E-state index in [2.05, 4.69) is 74.2 Å². The van der Waals surface area contributed by atoms with Crippen LogP contribution in [0.3, 0.4) is 0 Å². The van der Waals surface area contributed by atoms with Crippen molar-refractivity contribution >= 4 is 5.57 Å². The van der Waals surface area contributed by atoms with Crippen molar-refractivity contribution in [3.8, 4) is 11.1 Å². The normalized spacial score (nSPS) is 9.77. The Hall–Kier alpha value is -2.34. The lowest BCUT2D eigenvalue weighted by Gasteiger charge is -2.12. The molecule has 0 heterocycles. The first-order valence-electron chi connectivity index (χ1n) is 9.88. The molecule has 0 N–H and O–H groups in total. The van der Waals surface area contributed by atoms with Crippen LogP contribution in [0, 0.1) is 6.92 Å². The molecule has 0 atom stereocenters. The third-order valence-corrected chi connectivity index (χ3v) is 3.37. The third kappa shape index (κ3) is 8.16. The van der Waals surface area contributed by atoms with Crippen molar-refractivity contribution in [2.75, 3.05) is 0 Å². The fourth-order valence-electron chi connectivity index (χ4n) is 2.42. The van der Waals surface area contributed by atoms with Crippen LogP contribution in [-0.4, -0.2) is 0 Å². The zero-order valence-corrected chi connectivity index (χ0v) is 18.1. The fourth-order valence-corrected chi connectivity index (χ4v) is 2.42. The molecule has 0 saturated heterocycles. The molecule has 0 aromatic heterocycles. The molecule has 2 aromatic carbocycles. The van der Waals surface area contributed by atoms with Crippen molar-refractivity contribution in [1.29, 1.82) is 0 Å². The van der Waals surface area contributed by atoms with Crippen LogP contribution in [0.25, 0.3) is 16.7 Å².